The molecule has 0 aliphatic carbocycles. The van der Waals surface area contributed by atoms with Crippen molar-refractivity contribution < 1.29 is 16.4 Å². The van der Waals surface area contributed by atoms with E-state index in [2.05, 4.69) is 0 Å². The second-order valence-electron chi connectivity index (χ2n) is 12.7. The first-order valence-corrected chi connectivity index (χ1v) is 16.5. The fourth-order valence-corrected chi connectivity index (χ4v) is 7.69. The Hall–Kier alpha value is -6.50. The highest BCUT2D eigenvalue weighted by atomic mass is 14.2. The van der Waals surface area contributed by atoms with Gasteiger partial charge in [-0.25, -0.2) is 0 Å². The van der Waals surface area contributed by atoms with Crippen LogP contribution >= 0.6 is 0 Å². The monoisotopic (exact) mass is 642 g/mol. The van der Waals surface area contributed by atoms with Crippen molar-refractivity contribution in [2.45, 2.75) is 0 Å². The Morgan fingerprint density at radius 3 is 1.34 bits per heavy atom. The summed E-state index contributed by atoms with van der Waals surface area (Å²) in [5.74, 6) is 0. The first-order valence-electron chi connectivity index (χ1n) is 22.5. The average molecular weight is 643 g/mol. The molecular formula is C50H30. The lowest BCUT2D eigenvalue weighted by atomic mass is 9.88. The molecule has 230 valence electrons. The molecule has 0 fully saturated rings. The van der Waals surface area contributed by atoms with Crippen LogP contribution in [-0.4, -0.2) is 0 Å². The van der Waals surface area contributed by atoms with Gasteiger partial charge in [0.05, 0.1) is 16.4 Å². The van der Waals surface area contributed by atoms with Gasteiger partial charge in [0.15, 0.2) is 0 Å². The van der Waals surface area contributed by atoms with Crippen LogP contribution in [0.25, 0.3) is 109 Å². The summed E-state index contributed by atoms with van der Waals surface area (Å²) < 4.78 is 111. The molecule has 0 aromatic heterocycles. The number of hydrogen-bond donors (Lipinski definition) is 0. The van der Waals surface area contributed by atoms with Gasteiger partial charge in [-0.15, -0.1) is 0 Å². The topological polar surface area (TPSA) is 0 Å². The maximum absolute atomic E-state index is 9.60. The molecule has 0 amide bonds. The molecule has 0 saturated heterocycles. The molecule has 0 aliphatic rings. The molecule has 0 saturated carbocycles. The summed E-state index contributed by atoms with van der Waals surface area (Å²) in [7, 11) is 0. The van der Waals surface area contributed by atoms with Crippen molar-refractivity contribution in [2.24, 2.45) is 0 Å². The Morgan fingerprint density at radius 2 is 0.720 bits per heavy atom. The van der Waals surface area contributed by atoms with Crippen LogP contribution < -0.4 is 0 Å². The van der Waals surface area contributed by atoms with Crippen LogP contribution in [0.1, 0.15) is 16.4 Å². The molecule has 0 heteroatoms. The molecule has 0 aliphatic heterocycles. The summed E-state index contributed by atoms with van der Waals surface area (Å²) in [5.41, 5.74) is -0.669. The first kappa shape index (κ1) is 18.3. The van der Waals surface area contributed by atoms with Crippen LogP contribution in [0.3, 0.4) is 0 Å². The predicted octanol–water partition coefficient (Wildman–Crippen LogP) is 14.1. The van der Waals surface area contributed by atoms with Gasteiger partial charge >= 0.3 is 0 Å². The lowest BCUT2D eigenvalue weighted by molar-refractivity contribution is 1.58. The Morgan fingerprint density at radius 1 is 0.300 bits per heavy atom. The summed E-state index contributed by atoms with van der Waals surface area (Å²) >= 11 is 0. The minimum atomic E-state index is -0.675. The zero-order valence-corrected chi connectivity index (χ0v) is 26.4. The molecule has 0 unspecified atom stereocenters. The van der Waals surface area contributed by atoms with Crippen LogP contribution in [0.2, 0.25) is 0 Å². The zero-order valence-electron chi connectivity index (χ0n) is 38.4. The molecule has 0 heterocycles. The molecule has 50 heavy (non-hydrogen) atoms. The maximum Gasteiger partial charge on any atom is 0.0636 e. The van der Waals surface area contributed by atoms with Gasteiger partial charge in [-0.3, -0.25) is 0 Å². The second-order valence-corrected chi connectivity index (χ2v) is 12.7. The van der Waals surface area contributed by atoms with Crippen LogP contribution in [0.4, 0.5) is 0 Å². The van der Waals surface area contributed by atoms with E-state index in [-0.39, 0.29) is 34.3 Å². The van der Waals surface area contributed by atoms with Gasteiger partial charge in [-0.1, -0.05) is 164 Å². The molecule has 0 radical (unpaired) electrons. The summed E-state index contributed by atoms with van der Waals surface area (Å²) in [6.45, 7) is 0. The second kappa shape index (κ2) is 10.5. The molecule has 11 aromatic carbocycles. The third-order valence-electron chi connectivity index (χ3n) is 9.95. The van der Waals surface area contributed by atoms with Crippen molar-refractivity contribution in [3.63, 3.8) is 0 Å². The number of rotatable bonds is 4. The van der Waals surface area contributed by atoms with E-state index in [4.69, 9.17) is 8.22 Å². The van der Waals surface area contributed by atoms with Crippen molar-refractivity contribution in [3.05, 3.63) is 182 Å². The third kappa shape index (κ3) is 4.06. The van der Waals surface area contributed by atoms with Crippen molar-refractivity contribution in [1.29, 1.82) is 0 Å². The van der Waals surface area contributed by atoms with Crippen molar-refractivity contribution in [2.75, 3.05) is 0 Å². The van der Waals surface area contributed by atoms with Crippen molar-refractivity contribution in [3.8, 4) is 44.5 Å². The zero-order chi connectivity index (χ0) is 43.2. The number of hydrogen-bond acceptors (Lipinski definition) is 0. The van der Waals surface area contributed by atoms with Crippen LogP contribution in [0, 0.1) is 0 Å². The largest absolute Gasteiger partial charge is 0.0636 e. The van der Waals surface area contributed by atoms with E-state index in [9.17, 15) is 8.22 Å². The van der Waals surface area contributed by atoms with Gasteiger partial charge in [0, 0.05) is 0 Å². The average Bonchev–Trinajstić information content (AvgIpc) is 3.28. The van der Waals surface area contributed by atoms with E-state index in [1.54, 1.807) is 6.07 Å². The summed E-state index contributed by atoms with van der Waals surface area (Å²) in [4.78, 5) is 0. The first-order chi connectivity index (χ1) is 29.8. The minimum absolute atomic E-state index is 0.00401. The third-order valence-corrected chi connectivity index (χ3v) is 9.95. The molecule has 0 N–H and O–H groups in total. The Labute approximate surface area is 307 Å². The van der Waals surface area contributed by atoms with E-state index < -0.39 is 71.6 Å². The highest BCUT2D eigenvalue weighted by Gasteiger charge is 2.15. The van der Waals surface area contributed by atoms with E-state index >= 15 is 0 Å². The van der Waals surface area contributed by atoms with Gasteiger partial charge in [0.2, 0.25) is 0 Å². The standard InChI is InChI=1S/C50H30/c1-6-33-21-23-37-24-26-43(45-27-25-35(7-1)47(33)50(37)45)40-12-3-10-38(28-40)31-16-18-32(19-17-31)39-11-4-13-41(29-39)46-30-42-14-2-8-34-20-22-36-9-5-15-44(46)49(36)48(34)42/h1-30H/i3D,4D,10D,11D,12D,13D,16D,17D,18D,19D,28D,29D. The van der Waals surface area contributed by atoms with Gasteiger partial charge in [-0.2, -0.15) is 0 Å². The van der Waals surface area contributed by atoms with Gasteiger partial charge in [-0.05, 0) is 127 Å². The number of benzene rings is 11. The summed E-state index contributed by atoms with van der Waals surface area (Å²) in [5, 5.41) is 10.9. The fourth-order valence-electron chi connectivity index (χ4n) is 7.69. The Kier molecular flexibility index (Phi) is 3.85. The molecule has 0 spiro atoms. The van der Waals surface area contributed by atoms with E-state index in [1.807, 2.05) is 103 Å². The van der Waals surface area contributed by atoms with Gasteiger partial charge in [0.1, 0.15) is 0 Å². The predicted molar refractivity (Wildman–Crippen MR) is 216 cm³/mol. The lowest BCUT2D eigenvalue weighted by Crippen LogP contribution is -1.89. The summed E-state index contributed by atoms with van der Waals surface area (Å²) in [6.07, 6.45) is 0. The quantitative estimate of drug-likeness (QED) is 0.168. The summed E-state index contributed by atoms with van der Waals surface area (Å²) in [6, 6.07) is 28.3. The Balaban J connectivity index is 1.16. The Bertz CT molecular complexity index is 3730. The smallest absolute Gasteiger partial charge is 0.0610 e. The lowest BCUT2D eigenvalue weighted by Gasteiger charge is -2.15. The van der Waals surface area contributed by atoms with Crippen LogP contribution in [-0.2, 0) is 0 Å². The van der Waals surface area contributed by atoms with Gasteiger partial charge in [0.25, 0.3) is 0 Å². The normalized spacial score (nSPS) is 15.4. The van der Waals surface area contributed by atoms with E-state index in [1.165, 1.54) is 0 Å². The van der Waals surface area contributed by atoms with Crippen LogP contribution in [0.5, 0.6) is 0 Å². The molecule has 11 aromatic rings. The van der Waals surface area contributed by atoms with Gasteiger partial charge < -0.3 is 0 Å². The molecule has 0 nitrogen and oxygen atoms in total. The SMILES string of the molecule is [2H]c1c([2H])c(-c2c([2H])c([2H])c(-c3c([2H])c([2H])c([2H])c(-c4cc5cccc6ccc7cccc4c7c65)c3[2H])c([2H])c2[2H])c([2H])c(-c2ccc3ccc4cccc5ccc2c3c45)c1[2H]. The van der Waals surface area contributed by atoms with Crippen LogP contribution in [0.15, 0.2) is 182 Å². The minimum Gasteiger partial charge on any atom is -0.0610 e. The van der Waals surface area contributed by atoms with Crippen molar-refractivity contribution >= 4 is 64.6 Å². The molecular weight excluding hydrogens is 601 g/mol. The maximum atomic E-state index is 9.60. The highest BCUT2D eigenvalue weighted by Crippen LogP contribution is 2.42. The van der Waals surface area contributed by atoms with Crippen molar-refractivity contribution in [1.82, 2.24) is 0 Å². The molecule has 0 bridgehead atoms. The van der Waals surface area contributed by atoms with E-state index in [0.29, 0.717) is 21.9 Å². The van der Waals surface area contributed by atoms with E-state index in [0.717, 1.165) is 53.9 Å². The fraction of sp³-hybridized carbons (Fsp3) is 0. The molecule has 11 rings (SSSR count). The highest BCUT2D eigenvalue weighted by molar-refractivity contribution is 6.27. The molecule has 0 atom stereocenters.